The number of hydrogen-bond donors (Lipinski definition) is 0. The maximum atomic E-state index is 12.8. The topological polar surface area (TPSA) is 40.6 Å². The van der Waals surface area contributed by atoms with Gasteiger partial charge in [0, 0.05) is 49.0 Å². The molecule has 2 aliphatic rings. The average Bonchev–Trinajstić information content (AvgIpc) is 3.04. The number of carbonyl (C=O) groups is 2. The predicted molar refractivity (Wildman–Crippen MR) is 97.5 cm³/mol. The Balaban J connectivity index is 1.54. The van der Waals surface area contributed by atoms with Gasteiger partial charge in [0.15, 0.2) is 5.78 Å². The summed E-state index contributed by atoms with van der Waals surface area (Å²) in [5.41, 5.74) is 0.828. The van der Waals surface area contributed by atoms with E-state index in [1.807, 2.05) is 35.4 Å². The summed E-state index contributed by atoms with van der Waals surface area (Å²) in [5, 5.41) is 0. The number of carbonyl (C=O) groups excluding carboxylic acids is 2. The van der Waals surface area contributed by atoms with Crippen molar-refractivity contribution < 1.29 is 9.59 Å². The fraction of sp³-hybridized carbons (Fsp3) is 0.579. The molecule has 2 fully saturated rings. The van der Waals surface area contributed by atoms with Crippen LogP contribution < -0.4 is 0 Å². The van der Waals surface area contributed by atoms with Crippen molar-refractivity contribution in [1.82, 2.24) is 9.80 Å². The van der Waals surface area contributed by atoms with E-state index in [1.54, 1.807) is 11.8 Å². The Hall–Kier alpha value is -1.33. The van der Waals surface area contributed by atoms with E-state index in [9.17, 15) is 9.59 Å². The molecule has 0 aromatic heterocycles. The van der Waals surface area contributed by atoms with Crippen molar-refractivity contribution in [2.45, 2.75) is 30.6 Å². The van der Waals surface area contributed by atoms with Crippen LogP contribution in [0.15, 0.2) is 29.2 Å². The lowest BCUT2D eigenvalue weighted by atomic mass is 9.90. The monoisotopic (exact) mass is 346 g/mol. The van der Waals surface area contributed by atoms with Crippen molar-refractivity contribution in [3.63, 3.8) is 0 Å². The fourth-order valence-electron chi connectivity index (χ4n) is 3.67. The van der Waals surface area contributed by atoms with Gasteiger partial charge < -0.3 is 9.80 Å². The van der Waals surface area contributed by atoms with Crippen molar-refractivity contribution in [1.29, 1.82) is 0 Å². The molecule has 0 unspecified atom stereocenters. The molecule has 4 nitrogen and oxygen atoms in total. The van der Waals surface area contributed by atoms with Crippen LogP contribution >= 0.6 is 11.8 Å². The lowest BCUT2D eigenvalue weighted by Crippen LogP contribution is -2.43. The zero-order valence-corrected chi connectivity index (χ0v) is 15.2. The number of thioether (sulfide) groups is 1. The molecule has 2 aliphatic heterocycles. The first-order chi connectivity index (χ1) is 11.7. The lowest BCUT2D eigenvalue weighted by molar-refractivity contribution is -0.127. The number of piperidine rings is 1. The van der Waals surface area contributed by atoms with Crippen LogP contribution in [0, 0.1) is 5.92 Å². The van der Waals surface area contributed by atoms with E-state index in [-0.39, 0.29) is 17.6 Å². The third-order valence-corrected chi connectivity index (χ3v) is 5.85. The van der Waals surface area contributed by atoms with Gasteiger partial charge in [-0.25, -0.2) is 0 Å². The van der Waals surface area contributed by atoms with Gasteiger partial charge in [0.05, 0.1) is 0 Å². The molecular weight excluding hydrogens is 320 g/mol. The van der Waals surface area contributed by atoms with Gasteiger partial charge in [0.1, 0.15) is 0 Å². The number of hydrogen-bond acceptors (Lipinski definition) is 4. The molecule has 0 N–H and O–H groups in total. The van der Waals surface area contributed by atoms with Gasteiger partial charge in [-0.05, 0) is 44.2 Å². The Morgan fingerprint density at radius 3 is 2.62 bits per heavy atom. The number of amides is 1. The second-order valence-electron chi connectivity index (χ2n) is 6.72. The van der Waals surface area contributed by atoms with Gasteiger partial charge in [-0.1, -0.05) is 12.1 Å². The Morgan fingerprint density at radius 2 is 1.96 bits per heavy atom. The van der Waals surface area contributed by atoms with Gasteiger partial charge in [-0.2, -0.15) is 0 Å². The minimum atomic E-state index is 0.0909. The summed E-state index contributed by atoms with van der Waals surface area (Å²) < 4.78 is 0. The molecule has 0 saturated carbocycles. The van der Waals surface area contributed by atoms with Gasteiger partial charge in [-0.3, -0.25) is 9.59 Å². The molecule has 2 heterocycles. The first kappa shape index (κ1) is 17.5. The Labute approximate surface area is 148 Å². The molecule has 1 atom stereocenters. The van der Waals surface area contributed by atoms with Crippen LogP contribution in [0.5, 0.6) is 0 Å². The summed E-state index contributed by atoms with van der Waals surface area (Å²) in [6, 6.07) is 7.96. The highest BCUT2D eigenvalue weighted by molar-refractivity contribution is 7.98. The highest BCUT2D eigenvalue weighted by atomic mass is 32.2. The molecule has 2 saturated heterocycles. The van der Waals surface area contributed by atoms with Gasteiger partial charge in [-0.15, -0.1) is 11.8 Å². The standard InChI is InChI=1S/C19H26N2O2S/c1-24-17-8-6-15(7-9-17)19(23)16-4-2-10-20(14-16)12-13-21-11-3-5-18(21)22/h6-9,16H,2-5,10-14H2,1H3/t16-/m0/s1. The fourth-order valence-corrected chi connectivity index (χ4v) is 4.07. The molecule has 24 heavy (non-hydrogen) atoms. The Morgan fingerprint density at radius 1 is 1.17 bits per heavy atom. The molecule has 1 aromatic rings. The molecule has 0 aliphatic carbocycles. The van der Waals surface area contributed by atoms with Crippen LogP contribution in [-0.4, -0.2) is 60.5 Å². The maximum Gasteiger partial charge on any atom is 0.222 e. The smallest absolute Gasteiger partial charge is 0.222 e. The van der Waals surface area contributed by atoms with Crippen LogP contribution in [0.4, 0.5) is 0 Å². The van der Waals surface area contributed by atoms with Crippen molar-refractivity contribution in [3.05, 3.63) is 29.8 Å². The number of Topliss-reactive ketones (excluding diaryl/α,β-unsaturated/α-hetero) is 1. The second-order valence-corrected chi connectivity index (χ2v) is 7.60. The van der Waals surface area contributed by atoms with Crippen molar-refractivity contribution in [2.75, 3.05) is 39.0 Å². The summed E-state index contributed by atoms with van der Waals surface area (Å²) in [5.74, 6) is 0.645. The minimum absolute atomic E-state index is 0.0909. The van der Waals surface area contributed by atoms with E-state index in [0.29, 0.717) is 6.42 Å². The van der Waals surface area contributed by atoms with Crippen LogP contribution in [-0.2, 0) is 4.79 Å². The van der Waals surface area contributed by atoms with E-state index < -0.39 is 0 Å². The molecule has 1 aromatic carbocycles. The van der Waals surface area contributed by atoms with Crippen molar-refractivity contribution in [2.24, 2.45) is 5.92 Å². The Bertz CT molecular complexity index is 588. The van der Waals surface area contributed by atoms with E-state index in [0.717, 1.165) is 57.5 Å². The summed E-state index contributed by atoms with van der Waals surface area (Å²) in [6.45, 7) is 4.46. The molecule has 0 bridgehead atoms. The highest BCUT2D eigenvalue weighted by Gasteiger charge is 2.27. The van der Waals surface area contributed by atoms with E-state index in [2.05, 4.69) is 4.90 Å². The van der Waals surface area contributed by atoms with Crippen molar-refractivity contribution in [3.8, 4) is 0 Å². The minimum Gasteiger partial charge on any atom is -0.341 e. The van der Waals surface area contributed by atoms with Gasteiger partial charge in [0.25, 0.3) is 0 Å². The lowest BCUT2D eigenvalue weighted by Gasteiger charge is -2.33. The first-order valence-corrected chi connectivity index (χ1v) is 10.1. The summed E-state index contributed by atoms with van der Waals surface area (Å²) in [7, 11) is 0. The molecule has 0 radical (unpaired) electrons. The third-order valence-electron chi connectivity index (χ3n) is 5.11. The van der Waals surface area contributed by atoms with Crippen LogP contribution in [0.25, 0.3) is 0 Å². The zero-order valence-electron chi connectivity index (χ0n) is 14.4. The molecule has 0 spiro atoms. The number of likely N-dealkylation sites (tertiary alicyclic amines) is 2. The average molecular weight is 346 g/mol. The number of nitrogens with zero attached hydrogens (tertiary/aromatic N) is 2. The quantitative estimate of drug-likeness (QED) is 0.587. The normalized spacial score (nSPS) is 22.1. The summed E-state index contributed by atoms with van der Waals surface area (Å²) in [4.78, 5) is 30.0. The second kappa shape index (κ2) is 8.17. The molecule has 5 heteroatoms. The first-order valence-electron chi connectivity index (χ1n) is 8.86. The van der Waals surface area contributed by atoms with Crippen LogP contribution in [0.3, 0.4) is 0 Å². The molecule has 1 amide bonds. The van der Waals surface area contributed by atoms with Crippen LogP contribution in [0.2, 0.25) is 0 Å². The van der Waals surface area contributed by atoms with Gasteiger partial charge >= 0.3 is 0 Å². The summed E-state index contributed by atoms with van der Waals surface area (Å²) >= 11 is 1.69. The SMILES string of the molecule is CSc1ccc(C(=O)[C@H]2CCCN(CCN3CCCC3=O)C2)cc1. The Kier molecular flexibility index (Phi) is 5.95. The largest absolute Gasteiger partial charge is 0.341 e. The number of ketones is 1. The van der Waals surface area contributed by atoms with Crippen molar-refractivity contribution >= 4 is 23.5 Å². The molecule has 3 rings (SSSR count). The third kappa shape index (κ3) is 4.19. The zero-order chi connectivity index (χ0) is 16.9. The van der Waals surface area contributed by atoms with E-state index in [1.165, 1.54) is 4.90 Å². The maximum absolute atomic E-state index is 12.8. The summed E-state index contributed by atoms with van der Waals surface area (Å²) in [6.07, 6.45) is 5.77. The van der Waals surface area contributed by atoms with E-state index >= 15 is 0 Å². The molecular formula is C19H26N2O2S. The molecule has 130 valence electrons. The number of rotatable bonds is 6. The highest BCUT2D eigenvalue weighted by Crippen LogP contribution is 2.23. The van der Waals surface area contributed by atoms with Crippen LogP contribution in [0.1, 0.15) is 36.0 Å². The number of benzene rings is 1. The predicted octanol–water partition coefficient (Wildman–Crippen LogP) is 2.93. The van der Waals surface area contributed by atoms with E-state index in [4.69, 9.17) is 0 Å². The van der Waals surface area contributed by atoms with Gasteiger partial charge in [0.2, 0.25) is 5.91 Å².